The van der Waals surface area contributed by atoms with E-state index < -0.39 is 10.0 Å². The Bertz CT molecular complexity index is 613. The minimum Gasteiger partial charge on any atom is -0.396 e. The first-order valence-electron chi connectivity index (χ1n) is 7.07. The van der Waals surface area contributed by atoms with Gasteiger partial charge < -0.3 is 5.11 Å². The molecule has 0 radical (unpaired) electrons. The third-order valence-electron chi connectivity index (χ3n) is 4.57. The second kappa shape index (κ2) is 5.87. The van der Waals surface area contributed by atoms with Gasteiger partial charge in [-0.2, -0.15) is 9.40 Å². The van der Waals surface area contributed by atoms with E-state index >= 15 is 0 Å². The number of aliphatic hydroxyl groups is 1. The molecule has 0 unspecified atom stereocenters. The van der Waals surface area contributed by atoms with Crippen molar-refractivity contribution in [2.45, 2.75) is 38.0 Å². The lowest BCUT2D eigenvalue weighted by Gasteiger charge is -2.39. The third-order valence-corrected chi connectivity index (χ3v) is 7.16. The van der Waals surface area contributed by atoms with E-state index in [1.807, 2.05) is 6.92 Å². The summed E-state index contributed by atoms with van der Waals surface area (Å²) in [6.07, 6.45) is 2.18. The number of halogens is 1. The molecular weight excluding hydrogens is 314 g/mol. The maximum Gasteiger partial charge on any atom is 0.248 e. The van der Waals surface area contributed by atoms with Crippen LogP contribution >= 0.6 is 11.6 Å². The molecule has 1 aliphatic heterocycles. The molecule has 1 saturated heterocycles. The summed E-state index contributed by atoms with van der Waals surface area (Å²) in [5, 5.41) is 13.7. The Morgan fingerprint density at radius 2 is 1.95 bits per heavy atom. The van der Waals surface area contributed by atoms with Crippen molar-refractivity contribution < 1.29 is 13.5 Å². The first-order valence-corrected chi connectivity index (χ1v) is 8.89. The molecule has 1 N–H and O–H groups in total. The fourth-order valence-corrected chi connectivity index (χ4v) is 5.00. The molecule has 21 heavy (non-hydrogen) atoms. The molecule has 0 amide bonds. The Balaban J connectivity index is 2.27. The maximum atomic E-state index is 12.8. The highest BCUT2D eigenvalue weighted by molar-refractivity contribution is 7.89. The van der Waals surface area contributed by atoms with E-state index in [0.29, 0.717) is 31.6 Å². The number of hydrogen-bond acceptors (Lipinski definition) is 4. The molecule has 0 bridgehead atoms. The molecule has 120 valence electrons. The zero-order valence-corrected chi connectivity index (χ0v) is 14.2. The van der Waals surface area contributed by atoms with Crippen molar-refractivity contribution in [1.29, 1.82) is 0 Å². The summed E-state index contributed by atoms with van der Waals surface area (Å²) in [5.74, 6) is 0. The zero-order valence-electron chi connectivity index (χ0n) is 12.6. The number of aryl methyl sites for hydroxylation is 2. The van der Waals surface area contributed by atoms with Crippen LogP contribution in [0.15, 0.2) is 4.90 Å². The van der Waals surface area contributed by atoms with E-state index in [9.17, 15) is 13.5 Å². The van der Waals surface area contributed by atoms with Crippen molar-refractivity contribution in [1.82, 2.24) is 14.1 Å². The molecule has 2 rings (SSSR count). The Kier molecular flexibility index (Phi) is 4.68. The summed E-state index contributed by atoms with van der Waals surface area (Å²) in [5.41, 5.74) is 0.261. The number of nitrogens with zero attached hydrogens (tertiary/aromatic N) is 3. The van der Waals surface area contributed by atoms with E-state index in [0.717, 1.165) is 6.42 Å². The Morgan fingerprint density at radius 1 is 1.38 bits per heavy atom. The van der Waals surface area contributed by atoms with Crippen LogP contribution in [0, 0.1) is 12.3 Å². The molecular formula is C13H22ClN3O3S. The van der Waals surface area contributed by atoms with Crippen LogP contribution in [-0.4, -0.2) is 47.3 Å². The van der Waals surface area contributed by atoms with Gasteiger partial charge in [-0.15, -0.1) is 0 Å². The van der Waals surface area contributed by atoms with E-state index in [2.05, 4.69) is 5.10 Å². The maximum absolute atomic E-state index is 12.8. The average Bonchev–Trinajstić information content (AvgIpc) is 2.72. The molecule has 0 spiro atoms. The van der Waals surface area contributed by atoms with Crippen LogP contribution in [0.25, 0.3) is 0 Å². The van der Waals surface area contributed by atoms with Gasteiger partial charge in [-0.1, -0.05) is 18.5 Å². The quantitative estimate of drug-likeness (QED) is 0.906. The van der Waals surface area contributed by atoms with Crippen LogP contribution in [0.1, 0.15) is 31.9 Å². The summed E-state index contributed by atoms with van der Waals surface area (Å²) >= 11 is 6.08. The van der Waals surface area contributed by atoms with Crippen LogP contribution in [0.2, 0.25) is 5.15 Å². The smallest absolute Gasteiger partial charge is 0.248 e. The van der Waals surface area contributed by atoms with Gasteiger partial charge in [0.05, 0.1) is 5.69 Å². The molecule has 2 heterocycles. The summed E-state index contributed by atoms with van der Waals surface area (Å²) in [6.45, 7) is 4.59. The highest BCUT2D eigenvalue weighted by atomic mass is 35.5. The monoisotopic (exact) mass is 335 g/mol. The fraction of sp³-hybridized carbons (Fsp3) is 0.769. The molecule has 1 fully saturated rings. The van der Waals surface area contributed by atoms with Gasteiger partial charge in [0.15, 0.2) is 0 Å². The lowest BCUT2D eigenvalue weighted by atomic mass is 9.77. The molecule has 0 aromatic carbocycles. The van der Waals surface area contributed by atoms with E-state index in [-0.39, 0.29) is 22.1 Å². The molecule has 1 aromatic rings. The highest BCUT2D eigenvalue weighted by Gasteiger charge is 2.39. The molecule has 1 aliphatic rings. The van der Waals surface area contributed by atoms with Crippen LogP contribution in [0.3, 0.4) is 0 Å². The normalized spacial score (nSPS) is 19.9. The standard InChI is InChI=1S/C13H22ClN3O3S/c1-4-13(9-18)5-7-17(8-6-13)21(19,20)11-10(2)15-16(3)12(11)14/h18H,4-9H2,1-3H3. The third kappa shape index (κ3) is 2.84. The lowest BCUT2D eigenvalue weighted by Crippen LogP contribution is -2.44. The lowest BCUT2D eigenvalue weighted by molar-refractivity contribution is 0.0647. The summed E-state index contributed by atoms with van der Waals surface area (Å²) in [7, 11) is -2.01. The zero-order chi connectivity index (χ0) is 15.8. The molecule has 0 atom stereocenters. The predicted octanol–water partition coefficient (Wildman–Crippen LogP) is 1.56. The van der Waals surface area contributed by atoms with Crippen molar-refractivity contribution in [2.75, 3.05) is 19.7 Å². The first kappa shape index (κ1) is 16.7. The van der Waals surface area contributed by atoms with Gasteiger partial charge in [0.1, 0.15) is 10.0 Å². The number of aromatic nitrogens is 2. The van der Waals surface area contributed by atoms with E-state index in [4.69, 9.17) is 11.6 Å². The second-order valence-electron chi connectivity index (χ2n) is 5.74. The van der Waals surface area contributed by atoms with Gasteiger partial charge in [-0.05, 0) is 31.6 Å². The van der Waals surface area contributed by atoms with Crippen LogP contribution in [0.5, 0.6) is 0 Å². The summed E-state index contributed by atoms with van der Waals surface area (Å²) in [6, 6.07) is 0. The number of sulfonamides is 1. The van der Waals surface area contributed by atoms with E-state index in [1.165, 1.54) is 8.99 Å². The van der Waals surface area contributed by atoms with Gasteiger partial charge in [-0.25, -0.2) is 8.42 Å². The van der Waals surface area contributed by atoms with Crippen molar-refractivity contribution in [3.8, 4) is 0 Å². The van der Waals surface area contributed by atoms with Gasteiger partial charge in [0, 0.05) is 26.7 Å². The number of hydrogen-bond donors (Lipinski definition) is 1. The van der Waals surface area contributed by atoms with Crippen molar-refractivity contribution in [3.63, 3.8) is 0 Å². The first-order chi connectivity index (χ1) is 9.77. The van der Waals surface area contributed by atoms with Gasteiger partial charge in [0.2, 0.25) is 10.0 Å². The van der Waals surface area contributed by atoms with Gasteiger partial charge in [0.25, 0.3) is 0 Å². The molecule has 8 heteroatoms. The highest BCUT2D eigenvalue weighted by Crippen LogP contribution is 2.37. The second-order valence-corrected chi connectivity index (χ2v) is 7.98. The Hall–Kier alpha value is -0.630. The van der Waals surface area contributed by atoms with E-state index in [1.54, 1.807) is 14.0 Å². The van der Waals surface area contributed by atoms with Gasteiger partial charge >= 0.3 is 0 Å². The summed E-state index contributed by atoms with van der Waals surface area (Å²) in [4.78, 5) is 0.0969. The van der Waals surface area contributed by atoms with Crippen molar-refractivity contribution in [3.05, 3.63) is 10.8 Å². The van der Waals surface area contributed by atoms with Crippen molar-refractivity contribution in [2.24, 2.45) is 12.5 Å². The van der Waals surface area contributed by atoms with Crippen LogP contribution in [0.4, 0.5) is 0 Å². The van der Waals surface area contributed by atoms with Crippen LogP contribution < -0.4 is 0 Å². The fourth-order valence-electron chi connectivity index (χ4n) is 2.86. The SMILES string of the molecule is CCC1(CO)CCN(S(=O)(=O)c2c(C)nn(C)c2Cl)CC1. The largest absolute Gasteiger partial charge is 0.396 e. The molecule has 0 saturated carbocycles. The molecule has 1 aromatic heterocycles. The minimum absolute atomic E-state index is 0.0969. The molecule has 6 nitrogen and oxygen atoms in total. The minimum atomic E-state index is -3.63. The number of aliphatic hydroxyl groups excluding tert-OH is 1. The summed E-state index contributed by atoms with van der Waals surface area (Å²) < 4.78 is 28.3. The van der Waals surface area contributed by atoms with Gasteiger partial charge in [-0.3, -0.25) is 4.68 Å². The van der Waals surface area contributed by atoms with Crippen LogP contribution in [-0.2, 0) is 17.1 Å². The number of piperidine rings is 1. The molecule has 0 aliphatic carbocycles. The predicted molar refractivity (Wildman–Crippen MR) is 80.8 cm³/mol. The van der Waals surface area contributed by atoms with Crippen molar-refractivity contribution >= 4 is 21.6 Å². The Morgan fingerprint density at radius 3 is 2.33 bits per heavy atom. The number of rotatable bonds is 4. The topological polar surface area (TPSA) is 75.4 Å². The average molecular weight is 336 g/mol. The Labute approximate surface area is 130 Å².